The first-order valence-corrected chi connectivity index (χ1v) is 8.59. The average Bonchev–Trinajstić information content (AvgIpc) is 3.05. The van der Waals surface area contributed by atoms with E-state index < -0.39 is 0 Å². The molecule has 0 spiro atoms. The Labute approximate surface area is 155 Å². The van der Waals surface area contributed by atoms with Crippen molar-refractivity contribution >= 4 is 22.7 Å². The molecule has 0 bridgehead atoms. The van der Waals surface area contributed by atoms with Crippen LogP contribution in [0.5, 0.6) is 0 Å². The smallest absolute Gasteiger partial charge is 0.255 e. The molecule has 0 saturated heterocycles. The van der Waals surface area contributed by atoms with Gasteiger partial charge in [0.25, 0.3) is 5.91 Å². The summed E-state index contributed by atoms with van der Waals surface area (Å²) in [5.41, 5.74) is 4.87. The SMILES string of the molecule is Cc1ccc2oc(Cc3ccc(NC(=O)c4ccc(F)cc4)cc3)nc2c1. The molecule has 0 radical (unpaired) electrons. The van der Waals surface area contributed by atoms with Crippen LogP contribution >= 0.6 is 0 Å². The summed E-state index contributed by atoms with van der Waals surface area (Å²) in [6.07, 6.45) is 0.569. The molecule has 1 N–H and O–H groups in total. The number of hydrogen-bond donors (Lipinski definition) is 1. The van der Waals surface area contributed by atoms with Crippen LogP contribution in [0.25, 0.3) is 11.1 Å². The van der Waals surface area contributed by atoms with Gasteiger partial charge in [0.2, 0.25) is 0 Å². The van der Waals surface area contributed by atoms with E-state index in [-0.39, 0.29) is 11.7 Å². The van der Waals surface area contributed by atoms with E-state index >= 15 is 0 Å². The van der Waals surface area contributed by atoms with Crippen LogP contribution < -0.4 is 5.32 Å². The molecule has 4 rings (SSSR count). The monoisotopic (exact) mass is 360 g/mol. The lowest BCUT2D eigenvalue weighted by Gasteiger charge is -2.06. The molecular formula is C22H17FN2O2. The quantitative estimate of drug-likeness (QED) is 0.550. The van der Waals surface area contributed by atoms with Gasteiger partial charge in [0, 0.05) is 17.7 Å². The lowest BCUT2D eigenvalue weighted by atomic mass is 10.1. The summed E-state index contributed by atoms with van der Waals surface area (Å²) in [6.45, 7) is 2.02. The van der Waals surface area contributed by atoms with E-state index in [9.17, 15) is 9.18 Å². The summed E-state index contributed by atoms with van der Waals surface area (Å²) in [6, 6.07) is 18.8. The average molecular weight is 360 g/mol. The van der Waals surface area contributed by atoms with Crippen LogP contribution in [0.2, 0.25) is 0 Å². The Kier molecular flexibility index (Phi) is 4.42. The third kappa shape index (κ3) is 3.87. The summed E-state index contributed by atoms with van der Waals surface area (Å²) in [7, 11) is 0. The van der Waals surface area contributed by atoms with E-state index in [1.165, 1.54) is 24.3 Å². The summed E-state index contributed by atoms with van der Waals surface area (Å²) in [5.74, 6) is 0.000952. The highest BCUT2D eigenvalue weighted by Gasteiger charge is 2.09. The number of amides is 1. The van der Waals surface area contributed by atoms with Crippen molar-refractivity contribution in [2.45, 2.75) is 13.3 Å². The number of aryl methyl sites for hydroxylation is 1. The van der Waals surface area contributed by atoms with E-state index in [4.69, 9.17) is 4.42 Å². The zero-order chi connectivity index (χ0) is 18.8. The van der Waals surface area contributed by atoms with Gasteiger partial charge in [-0.1, -0.05) is 18.2 Å². The molecule has 0 aliphatic carbocycles. The number of anilines is 1. The van der Waals surface area contributed by atoms with Gasteiger partial charge in [-0.2, -0.15) is 0 Å². The van der Waals surface area contributed by atoms with Crippen LogP contribution in [0.15, 0.2) is 71.1 Å². The summed E-state index contributed by atoms with van der Waals surface area (Å²) in [5, 5.41) is 2.80. The Hall–Kier alpha value is -3.47. The number of halogens is 1. The second-order valence-electron chi connectivity index (χ2n) is 6.41. The molecule has 0 aliphatic rings. The first kappa shape index (κ1) is 17.0. The minimum absolute atomic E-state index is 0.280. The van der Waals surface area contributed by atoms with Gasteiger partial charge in [-0.25, -0.2) is 9.37 Å². The van der Waals surface area contributed by atoms with Crippen molar-refractivity contribution in [3.63, 3.8) is 0 Å². The second kappa shape index (κ2) is 7.03. The zero-order valence-corrected chi connectivity index (χ0v) is 14.7. The molecule has 0 fully saturated rings. The molecule has 4 aromatic rings. The molecular weight excluding hydrogens is 343 g/mol. The Balaban J connectivity index is 1.45. The number of rotatable bonds is 4. The van der Waals surface area contributed by atoms with Gasteiger partial charge in [0.15, 0.2) is 11.5 Å². The molecule has 0 unspecified atom stereocenters. The number of nitrogens with one attached hydrogen (secondary N) is 1. The van der Waals surface area contributed by atoms with Crippen LogP contribution in [0.3, 0.4) is 0 Å². The van der Waals surface area contributed by atoms with E-state index in [1.807, 2.05) is 49.4 Å². The summed E-state index contributed by atoms with van der Waals surface area (Å²) < 4.78 is 18.7. The lowest BCUT2D eigenvalue weighted by Crippen LogP contribution is -2.11. The number of benzene rings is 3. The Morgan fingerprint density at radius 3 is 2.52 bits per heavy atom. The number of nitrogens with zero attached hydrogens (tertiary/aromatic N) is 1. The van der Waals surface area contributed by atoms with E-state index in [2.05, 4.69) is 10.3 Å². The van der Waals surface area contributed by atoms with E-state index in [0.717, 1.165) is 22.2 Å². The van der Waals surface area contributed by atoms with Crippen molar-refractivity contribution in [1.29, 1.82) is 0 Å². The number of carbonyl (C=O) groups excluding carboxylic acids is 1. The van der Waals surface area contributed by atoms with E-state index in [0.29, 0.717) is 23.6 Å². The Bertz CT molecular complexity index is 1100. The van der Waals surface area contributed by atoms with Crippen LogP contribution in [0, 0.1) is 12.7 Å². The highest BCUT2D eigenvalue weighted by molar-refractivity contribution is 6.04. The molecule has 0 aliphatic heterocycles. The van der Waals surface area contributed by atoms with Crippen molar-refractivity contribution in [3.05, 3.63) is 95.1 Å². The molecule has 27 heavy (non-hydrogen) atoms. The third-order valence-electron chi connectivity index (χ3n) is 4.26. The van der Waals surface area contributed by atoms with Gasteiger partial charge in [0.05, 0.1) is 0 Å². The fourth-order valence-corrected chi connectivity index (χ4v) is 2.85. The zero-order valence-electron chi connectivity index (χ0n) is 14.7. The first-order chi connectivity index (χ1) is 13.1. The molecule has 134 valence electrons. The lowest BCUT2D eigenvalue weighted by molar-refractivity contribution is 0.102. The van der Waals surface area contributed by atoms with Crippen molar-refractivity contribution < 1.29 is 13.6 Å². The molecule has 1 aromatic heterocycles. The molecule has 1 amide bonds. The molecule has 4 nitrogen and oxygen atoms in total. The summed E-state index contributed by atoms with van der Waals surface area (Å²) >= 11 is 0. The Morgan fingerprint density at radius 1 is 1.04 bits per heavy atom. The molecule has 0 atom stereocenters. The second-order valence-corrected chi connectivity index (χ2v) is 6.41. The molecule has 1 heterocycles. The predicted octanol–water partition coefficient (Wildman–Crippen LogP) is 5.12. The number of oxazole rings is 1. The van der Waals surface area contributed by atoms with Crippen LogP contribution in [-0.4, -0.2) is 10.9 Å². The standard InChI is InChI=1S/C22H17FN2O2/c1-14-2-11-20-19(12-14)25-21(27-20)13-15-3-9-18(10-4-15)24-22(26)16-5-7-17(23)8-6-16/h2-12H,13H2,1H3,(H,24,26). The van der Waals surface area contributed by atoms with Gasteiger partial charge in [0.1, 0.15) is 11.3 Å². The minimum Gasteiger partial charge on any atom is -0.440 e. The molecule has 3 aromatic carbocycles. The normalized spacial score (nSPS) is 10.9. The van der Waals surface area contributed by atoms with Crippen molar-refractivity contribution in [2.24, 2.45) is 0 Å². The van der Waals surface area contributed by atoms with Gasteiger partial charge in [-0.15, -0.1) is 0 Å². The van der Waals surface area contributed by atoms with Gasteiger partial charge >= 0.3 is 0 Å². The van der Waals surface area contributed by atoms with Gasteiger partial charge < -0.3 is 9.73 Å². The topological polar surface area (TPSA) is 55.1 Å². The largest absolute Gasteiger partial charge is 0.440 e. The van der Waals surface area contributed by atoms with Crippen molar-refractivity contribution in [1.82, 2.24) is 4.98 Å². The van der Waals surface area contributed by atoms with Crippen LogP contribution in [0.1, 0.15) is 27.4 Å². The fourth-order valence-electron chi connectivity index (χ4n) is 2.85. The highest BCUT2D eigenvalue weighted by Crippen LogP contribution is 2.20. The molecule has 5 heteroatoms. The number of carbonyl (C=O) groups is 1. The maximum absolute atomic E-state index is 12.9. The van der Waals surface area contributed by atoms with Crippen LogP contribution in [-0.2, 0) is 6.42 Å². The summed E-state index contributed by atoms with van der Waals surface area (Å²) in [4.78, 5) is 16.7. The molecule has 0 saturated carbocycles. The fraction of sp³-hybridized carbons (Fsp3) is 0.0909. The van der Waals surface area contributed by atoms with Crippen LogP contribution in [0.4, 0.5) is 10.1 Å². The van der Waals surface area contributed by atoms with E-state index in [1.54, 1.807) is 0 Å². The maximum atomic E-state index is 12.9. The predicted molar refractivity (Wildman–Crippen MR) is 102 cm³/mol. The number of fused-ring (bicyclic) bond motifs is 1. The highest BCUT2D eigenvalue weighted by atomic mass is 19.1. The third-order valence-corrected chi connectivity index (χ3v) is 4.26. The van der Waals surface area contributed by atoms with Gasteiger partial charge in [-0.05, 0) is 66.6 Å². The maximum Gasteiger partial charge on any atom is 0.255 e. The minimum atomic E-state index is -0.370. The first-order valence-electron chi connectivity index (χ1n) is 8.59. The number of hydrogen-bond acceptors (Lipinski definition) is 3. The Morgan fingerprint density at radius 2 is 1.78 bits per heavy atom. The van der Waals surface area contributed by atoms with Gasteiger partial charge in [-0.3, -0.25) is 4.79 Å². The number of aromatic nitrogens is 1. The van der Waals surface area contributed by atoms with Crippen molar-refractivity contribution in [3.8, 4) is 0 Å². The van der Waals surface area contributed by atoms with Crippen molar-refractivity contribution in [2.75, 3.05) is 5.32 Å².